The van der Waals surface area contributed by atoms with Crippen molar-refractivity contribution in [3.8, 4) is 11.1 Å². The SMILES string of the molecule is O=C(Nc1ccccc1)NN1Cc2n[nH]c(NC(=O)c3ccc(-c4ccccc4)cc3)c2C1. The fraction of sp³-hybridized carbons (Fsp3) is 0.0800. The molecule has 0 bridgehead atoms. The summed E-state index contributed by atoms with van der Waals surface area (Å²) in [5.41, 5.74) is 7.84. The maximum absolute atomic E-state index is 12.8. The molecule has 0 fully saturated rings. The Labute approximate surface area is 190 Å². The van der Waals surface area contributed by atoms with Crippen LogP contribution in [0.15, 0.2) is 84.9 Å². The minimum absolute atomic E-state index is 0.228. The zero-order valence-corrected chi connectivity index (χ0v) is 17.7. The van der Waals surface area contributed by atoms with Crippen LogP contribution < -0.4 is 16.1 Å². The number of nitrogens with one attached hydrogen (secondary N) is 4. The van der Waals surface area contributed by atoms with Crippen LogP contribution >= 0.6 is 0 Å². The van der Waals surface area contributed by atoms with Gasteiger partial charge in [-0.05, 0) is 35.4 Å². The van der Waals surface area contributed by atoms with Gasteiger partial charge in [0.05, 0.1) is 12.2 Å². The second-order valence-corrected chi connectivity index (χ2v) is 7.71. The lowest BCUT2D eigenvalue weighted by atomic mass is 10.0. The van der Waals surface area contributed by atoms with Crippen LogP contribution in [-0.4, -0.2) is 27.1 Å². The van der Waals surface area contributed by atoms with Gasteiger partial charge in [-0.2, -0.15) is 5.10 Å². The molecule has 5 rings (SSSR count). The average molecular weight is 438 g/mol. The number of anilines is 2. The predicted octanol–water partition coefficient (Wildman–Crippen LogP) is 4.38. The molecule has 164 valence electrons. The minimum Gasteiger partial charge on any atom is -0.307 e. The number of aromatic amines is 1. The summed E-state index contributed by atoms with van der Waals surface area (Å²) in [6.45, 7) is 0.867. The van der Waals surface area contributed by atoms with Gasteiger partial charge in [-0.15, -0.1) is 0 Å². The maximum atomic E-state index is 12.8. The molecule has 4 aromatic rings. The van der Waals surface area contributed by atoms with E-state index >= 15 is 0 Å². The summed E-state index contributed by atoms with van der Waals surface area (Å²) in [4.78, 5) is 25.0. The number of H-pyrrole nitrogens is 1. The molecular weight excluding hydrogens is 416 g/mol. The van der Waals surface area contributed by atoms with Gasteiger partial charge in [0.2, 0.25) is 0 Å². The first kappa shape index (κ1) is 20.5. The van der Waals surface area contributed by atoms with Gasteiger partial charge in [0, 0.05) is 23.4 Å². The highest BCUT2D eigenvalue weighted by atomic mass is 16.2. The van der Waals surface area contributed by atoms with Crippen molar-refractivity contribution < 1.29 is 9.59 Å². The molecule has 0 saturated heterocycles. The fourth-order valence-electron chi connectivity index (χ4n) is 3.77. The highest BCUT2D eigenvalue weighted by Gasteiger charge is 2.27. The maximum Gasteiger partial charge on any atom is 0.333 e. The average Bonchev–Trinajstić information content (AvgIpc) is 3.41. The first-order chi connectivity index (χ1) is 16.2. The summed E-state index contributed by atoms with van der Waals surface area (Å²) < 4.78 is 0. The third-order valence-electron chi connectivity index (χ3n) is 5.43. The molecule has 3 amide bonds. The molecule has 1 aliphatic heterocycles. The normalized spacial score (nSPS) is 12.7. The van der Waals surface area contributed by atoms with Gasteiger partial charge in [0.15, 0.2) is 0 Å². The summed E-state index contributed by atoms with van der Waals surface area (Å²) in [6, 6.07) is 26.3. The summed E-state index contributed by atoms with van der Waals surface area (Å²) in [6.07, 6.45) is 0. The van der Waals surface area contributed by atoms with E-state index in [-0.39, 0.29) is 11.9 Å². The van der Waals surface area contributed by atoms with E-state index in [1.54, 1.807) is 17.1 Å². The Bertz CT molecular complexity index is 1270. The van der Waals surface area contributed by atoms with Crippen molar-refractivity contribution >= 4 is 23.4 Å². The van der Waals surface area contributed by atoms with E-state index in [4.69, 9.17) is 0 Å². The zero-order chi connectivity index (χ0) is 22.6. The molecular formula is C25H22N6O2. The third-order valence-corrected chi connectivity index (χ3v) is 5.43. The lowest BCUT2D eigenvalue weighted by Crippen LogP contribution is -2.41. The van der Waals surface area contributed by atoms with Crippen molar-refractivity contribution in [3.05, 3.63) is 102 Å². The standard InChI is InChI=1S/C25H22N6O2/c32-24(19-13-11-18(12-14-19)17-7-3-1-4-8-17)27-23-21-15-31(16-22(21)28-29-23)30-25(33)26-20-9-5-2-6-10-20/h1-14H,15-16H2,(H2,26,30,33)(H2,27,28,29,32). The Hall–Kier alpha value is -4.43. The Morgan fingerprint density at radius 3 is 2.18 bits per heavy atom. The Kier molecular flexibility index (Phi) is 5.57. The van der Waals surface area contributed by atoms with Gasteiger partial charge in [0.25, 0.3) is 5.91 Å². The molecule has 0 unspecified atom stereocenters. The Balaban J connectivity index is 1.20. The van der Waals surface area contributed by atoms with E-state index in [2.05, 4.69) is 26.3 Å². The summed E-state index contributed by atoms with van der Waals surface area (Å²) in [7, 11) is 0. The first-order valence-electron chi connectivity index (χ1n) is 10.6. The van der Waals surface area contributed by atoms with Crippen molar-refractivity contribution in [2.24, 2.45) is 0 Å². The van der Waals surface area contributed by atoms with Crippen molar-refractivity contribution in [2.45, 2.75) is 13.1 Å². The third kappa shape index (κ3) is 4.60. The summed E-state index contributed by atoms with van der Waals surface area (Å²) in [5, 5.41) is 14.6. The minimum atomic E-state index is -0.334. The predicted molar refractivity (Wildman–Crippen MR) is 126 cm³/mol. The zero-order valence-electron chi connectivity index (χ0n) is 17.7. The van der Waals surface area contributed by atoms with Gasteiger partial charge in [-0.25, -0.2) is 9.80 Å². The van der Waals surface area contributed by atoms with E-state index in [0.717, 1.165) is 22.4 Å². The van der Waals surface area contributed by atoms with Crippen LogP contribution in [0.25, 0.3) is 11.1 Å². The van der Waals surface area contributed by atoms with E-state index in [0.29, 0.717) is 30.2 Å². The second kappa shape index (κ2) is 8.97. The molecule has 1 aliphatic rings. The first-order valence-corrected chi connectivity index (χ1v) is 10.6. The molecule has 0 saturated carbocycles. The number of carbonyl (C=O) groups is 2. The van der Waals surface area contributed by atoms with Gasteiger partial charge in [0.1, 0.15) is 5.82 Å². The Morgan fingerprint density at radius 1 is 0.788 bits per heavy atom. The van der Waals surface area contributed by atoms with Crippen LogP contribution in [0.1, 0.15) is 21.6 Å². The van der Waals surface area contributed by atoms with E-state index in [9.17, 15) is 9.59 Å². The van der Waals surface area contributed by atoms with Crippen molar-refractivity contribution in [2.75, 3.05) is 10.6 Å². The molecule has 0 aliphatic carbocycles. The lowest BCUT2D eigenvalue weighted by molar-refractivity contribution is 0.102. The van der Waals surface area contributed by atoms with Crippen LogP contribution in [0.4, 0.5) is 16.3 Å². The van der Waals surface area contributed by atoms with Crippen molar-refractivity contribution in [1.29, 1.82) is 0 Å². The molecule has 4 N–H and O–H groups in total. The molecule has 0 radical (unpaired) electrons. The second-order valence-electron chi connectivity index (χ2n) is 7.71. The molecule has 33 heavy (non-hydrogen) atoms. The number of rotatable bonds is 5. The molecule has 0 spiro atoms. The van der Waals surface area contributed by atoms with Crippen LogP contribution in [0.5, 0.6) is 0 Å². The lowest BCUT2D eigenvalue weighted by Gasteiger charge is -2.17. The number of urea groups is 1. The van der Waals surface area contributed by atoms with Gasteiger partial charge < -0.3 is 10.6 Å². The van der Waals surface area contributed by atoms with Crippen molar-refractivity contribution in [1.82, 2.24) is 20.6 Å². The highest BCUT2D eigenvalue weighted by Crippen LogP contribution is 2.26. The number of nitrogens with zero attached hydrogens (tertiary/aromatic N) is 2. The number of hydrogen-bond acceptors (Lipinski definition) is 4. The van der Waals surface area contributed by atoms with E-state index < -0.39 is 0 Å². The van der Waals surface area contributed by atoms with E-state index in [1.807, 2.05) is 72.8 Å². The monoisotopic (exact) mass is 438 g/mol. The fourth-order valence-corrected chi connectivity index (χ4v) is 3.77. The topological polar surface area (TPSA) is 102 Å². The number of para-hydroxylation sites is 1. The largest absolute Gasteiger partial charge is 0.333 e. The van der Waals surface area contributed by atoms with Crippen LogP contribution in [0, 0.1) is 0 Å². The summed E-state index contributed by atoms with van der Waals surface area (Å²) >= 11 is 0. The number of aromatic nitrogens is 2. The molecule has 3 aromatic carbocycles. The number of hydrogen-bond donors (Lipinski definition) is 4. The number of fused-ring (bicyclic) bond motifs is 1. The molecule has 1 aromatic heterocycles. The number of benzene rings is 3. The van der Waals surface area contributed by atoms with E-state index in [1.165, 1.54) is 0 Å². The summed E-state index contributed by atoms with van der Waals surface area (Å²) in [5.74, 6) is 0.309. The van der Waals surface area contributed by atoms with Crippen LogP contribution in [-0.2, 0) is 13.1 Å². The number of amides is 3. The molecule has 8 nitrogen and oxygen atoms in total. The number of carbonyl (C=O) groups excluding carboxylic acids is 2. The van der Waals surface area contributed by atoms with Gasteiger partial charge in [-0.3, -0.25) is 15.3 Å². The van der Waals surface area contributed by atoms with Crippen LogP contribution in [0.3, 0.4) is 0 Å². The van der Waals surface area contributed by atoms with Gasteiger partial charge >= 0.3 is 6.03 Å². The molecule has 0 atom stereocenters. The molecule has 2 heterocycles. The van der Waals surface area contributed by atoms with Crippen LogP contribution in [0.2, 0.25) is 0 Å². The smallest absolute Gasteiger partial charge is 0.307 e. The highest BCUT2D eigenvalue weighted by molar-refractivity contribution is 6.04. The molecule has 8 heteroatoms. The Morgan fingerprint density at radius 2 is 1.45 bits per heavy atom. The number of hydrazine groups is 1. The van der Waals surface area contributed by atoms with Gasteiger partial charge in [-0.1, -0.05) is 60.7 Å². The van der Waals surface area contributed by atoms with Crippen molar-refractivity contribution in [3.63, 3.8) is 0 Å². The quantitative estimate of drug-likeness (QED) is 0.371.